The number of pyridine rings is 1. The number of aromatic hydroxyl groups is 1. The second-order valence-corrected chi connectivity index (χ2v) is 9.28. The van der Waals surface area contributed by atoms with Gasteiger partial charge >= 0.3 is 5.97 Å². The Kier molecular flexibility index (Phi) is 6.69. The first-order chi connectivity index (χ1) is 17.8. The molecule has 2 aromatic carbocycles. The fourth-order valence-electron chi connectivity index (χ4n) is 4.61. The maximum atomic E-state index is 15.1. The first kappa shape index (κ1) is 24.9. The highest BCUT2D eigenvalue weighted by molar-refractivity contribution is 7.80. The fourth-order valence-corrected chi connectivity index (χ4v) is 4.84. The number of aryl methyl sites for hydroxylation is 1. The van der Waals surface area contributed by atoms with Crippen molar-refractivity contribution >= 4 is 41.1 Å². The maximum Gasteiger partial charge on any atom is 0.341 e. The number of hydrogen-bond acceptors (Lipinski definition) is 9. The number of halogens is 1. The quantitative estimate of drug-likeness (QED) is 0.420. The Hall–Kier alpha value is -3.77. The van der Waals surface area contributed by atoms with E-state index < -0.39 is 22.8 Å². The number of carbonyl (C=O) groups is 1. The van der Waals surface area contributed by atoms with Crippen molar-refractivity contribution < 1.29 is 24.1 Å². The first-order valence-electron chi connectivity index (χ1n) is 11.8. The number of rotatable bonds is 6. The van der Waals surface area contributed by atoms with Crippen LogP contribution in [-0.2, 0) is 11.3 Å². The summed E-state index contributed by atoms with van der Waals surface area (Å²) in [4.78, 5) is 28.1. The number of thiol groups is 1. The number of para-hydroxylation sites is 1. The highest BCUT2D eigenvalue weighted by Crippen LogP contribution is 2.28. The van der Waals surface area contributed by atoms with Gasteiger partial charge in [-0.15, -0.1) is 17.7 Å². The molecule has 1 unspecified atom stereocenters. The highest BCUT2D eigenvalue weighted by Gasteiger charge is 2.30. The van der Waals surface area contributed by atoms with Crippen LogP contribution in [0.1, 0.15) is 22.8 Å². The SMILES string of the molecule is CCn1cc(C(=O)O)c(=O)c2cc(F)c(N3CCN(CN4N=C(c5ccccc5O)OC4S)CC3)cc21. The van der Waals surface area contributed by atoms with Crippen LogP contribution >= 0.6 is 12.6 Å². The third kappa shape index (κ3) is 4.69. The third-order valence-electron chi connectivity index (χ3n) is 6.60. The summed E-state index contributed by atoms with van der Waals surface area (Å²) < 4.78 is 22.5. The Morgan fingerprint density at radius 1 is 1.22 bits per heavy atom. The zero-order valence-corrected chi connectivity index (χ0v) is 20.9. The number of hydrazone groups is 1. The minimum Gasteiger partial charge on any atom is -0.507 e. The van der Waals surface area contributed by atoms with Crippen LogP contribution in [0.15, 0.2) is 52.5 Å². The number of anilines is 1. The minimum absolute atomic E-state index is 0.0496. The summed E-state index contributed by atoms with van der Waals surface area (Å²) in [5.41, 5.74) is -0.325. The van der Waals surface area contributed by atoms with Crippen molar-refractivity contribution in [2.24, 2.45) is 5.10 Å². The van der Waals surface area contributed by atoms with Gasteiger partial charge in [0.1, 0.15) is 17.1 Å². The zero-order valence-electron chi connectivity index (χ0n) is 20.0. The molecule has 0 spiro atoms. The average molecular weight is 528 g/mol. The zero-order chi connectivity index (χ0) is 26.3. The lowest BCUT2D eigenvalue weighted by Crippen LogP contribution is -2.50. The number of aromatic nitrogens is 1. The van der Waals surface area contributed by atoms with Crippen molar-refractivity contribution in [3.8, 4) is 5.75 Å². The summed E-state index contributed by atoms with van der Waals surface area (Å²) in [5.74, 6) is -1.53. The molecule has 0 saturated carbocycles. The van der Waals surface area contributed by atoms with Crippen LogP contribution in [0.5, 0.6) is 5.75 Å². The van der Waals surface area contributed by atoms with Crippen molar-refractivity contribution in [2.45, 2.75) is 19.0 Å². The van der Waals surface area contributed by atoms with Crippen LogP contribution in [0.3, 0.4) is 0 Å². The van der Waals surface area contributed by atoms with E-state index in [0.29, 0.717) is 62.1 Å². The largest absolute Gasteiger partial charge is 0.507 e. The molecule has 1 atom stereocenters. The van der Waals surface area contributed by atoms with Gasteiger partial charge in [0.15, 0.2) is 0 Å². The molecule has 3 heterocycles. The Balaban J connectivity index is 1.31. The van der Waals surface area contributed by atoms with Crippen LogP contribution in [-0.4, -0.2) is 75.0 Å². The fraction of sp³-hybridized carbons (Fsp3) is 0.320. The van der Waals surface area contributed by atoms with Gasteiger partial charge in [-0.25, -0.2) is 14.2 Å². The number of ether oxygens (including phenoxy) is 1. The molecular formula is C25H26FN5O5S. The van der Waals surface area contributed by atoms with Crippen molar-refractivity contribution in [1.82, 2.24) is 14.5 Å². The summed E-state index contributed by atoms with van der Waals surface area (Å²) in [6.45, 7) is 5.01. The number of nitrogens with zero attached hydrogens (tertiary/aromatic N) is 5. The molecule has 3 aromatic rings. The highest BCUT2D eigenvalue weighted by atomic mass is 32.1. The van der Waals surface area contributed by atoms with Gasteiger partial charge in [-0.2, -0.15) is 0 Å². The van der Waals surface area contributed by atoms with Gasteiger partial charge < -0.3 is 24.4 Å². The standard InChI is InChI=1S/C25H26FN5O5S/c1-2-29-13-17(24(34)35)22(33)16-11-18(26)20(12-19(16)29)30-9-7-28(8-10-30)14-31-25(37)36-23(27-31)15-5-3-4-6-21(15)32/h3-6,11-13,25,32,37H,2,7-10,14H2,1H3,(H,34,35). The summed E-state index contributed by atoms with van der Waals surface area (Å²) >= 11 is 4.46. The Bertz CT molecular complexity index is 1450. The monoisotopic (exact) mass is 527 g/mol. The molecule has 194 valence electrons. The van der Waals surface area contributed by atoms with Gasteiger partial charge in [0.05, 0.1) is 23.4 Å². The molecule has 2 aliphatic rings. The number of hydrogen-bond donors (Lipinski definition) is 3. The van der Waals surface area contributed by atoms with Crippen molar-refractivity contribution in [3.63, 3.8) is 0 Å². The van der Waals surface area contributed by atoms with Crippen LogP contribution in [0.2, 0.25) is 0 Å². The van der Waals surface area contributed by atoms with E-state index in [1.807, 2.05) is 11.8 Å². The van der Waals surface area contributed by atoms with E-state index in [2.05, 4.69) is 22.6 Å². The van der Waals surface area contributed by atoms with Gasteiger partial charge in [-0.3, -0.25) is 9.69 Å². The summed E-state index contributed by atoms with van der Waals surface area (Å²) in [6, 6.07) is 9.55. The van der Waals surface area contributed by atoms with Gasteiger partial charge in [-0.05, 0) is 31.2 Å². The number of phenolic OH excluding ortho intramolecular Hbond substituents is 1. The van der Waals surface area contributed by atoms with E-state index in [4.69, 9.17) is 4.74 Å². The van der Waals surface area contributed by atoms with E-state index in [0.717, 1.165) is 6.07 Å². The van der Waals surface area contributed by atoms with Gasteiger partial charge in [0, 0.05) is 44.3 Å². The van der Waals surface area contributed by atoms with Crippen LogP contribution < -0.4 is 10.3 Å². The van der Waals surface area contributed by atoms with Gasteiger partial charge in [0.25, 0.3) is 0 Å². The molecule has 0 aliphatic carbocycles. The van der Waals surface area contributed by atoms with Crippen LogP contribution in [0.25, 0.3) is 10.9 Å². The predicted octanol–water partition coefficient (Wildman–Crippen LogP) is 2.55. The number of carboxylic acid groups (broad SMARTS) is 1. The van der Waals surface area contributed by atoms with E-state index >= 15 is 4.39 Å². The lowest BCUT2D eigenvalue weighted by molar-refractivity contribution is 0.0669. The van der Waals surface area contributed by atoms with E-state index in [9.17, 15) is 19.8 Å². The minimum atomic E-state index is -1.33. The normalized spacial score (nSPS) is 18.2. The third-order valence-corrected chi connectivity index (χ3v) is 6.98. The smallest absolute Gasteiger partial charge is 0.341 e. The molecule has 5 rings (SSSR count). The maximum absolute atomic E-state index is 15.1. The van der Waals surface area contributed by atoms with E-state index in [1.54, 1.807) is 39.9 Å². The van der Waals surface area contributed by atoms with Crippen LogP contribution in [0, 0.1) is 5.82 Å². The second-order valence-electron chi connectivity index (χ2n) is 8.84. The topological polar surface area (TPSA) is 111 Å². The summed E-state index contributed by atoms with van der Waals surface area (Å²) in [6.07, 6.45) is 1.31. The number of phenols is 1. The molecule has 0 amide bonds. The molecule has 2 N–H and O–H groups in total. The molecule has 0 radical (unpaired) electrons. The molecule has 1 fully saturated rings. The lowest BCUT2D eigenvalue weighted by Gasteiger charge is -2.37. The first-order valence-corrected chi connectivity index (χ1v) is 12.3. The number of aromatic carboxylic acids is 1. The molecule has 0 bridgehead atoms. The Morgan fingerprint density at radius 3 is 2.62 bits per heavy atom. The molecule has 12 heteroatoms. The molecule has 1 aromatic heterocycles. The second kappa shape index (κ2) is 9.94. The van der Waals surface area contributed by atoms with Gasteiger partial charge in [0.2, 0.25) is 16.9 Å². The van der Waals surface area contributed by atoms with Crippen molar-refractivity contribution in [3.05, 3.63) is 69.8 Å². The number of fused-ring (bicyclic) bond motifs is 1. The molecule has 37 heavy (non-hydrogen) atoms. The molecular weight excluding hydrogens is 501 g/mol. The Morgan fingerprint density at radius 2 is 1.95 bits per heavy atom. The molecule has 2 aliphatic heterocycles. The van der Waals surface area contributed by atoms with Gasteiger partial charge in [-0.1, -0.05) is 12.1 Å². The van der Waals surface area contributed by atoms with Crippen molar-refractivity contribution in [2.75, 3.05) is 37.7 Å². The van der Waals surface area contributed by atoms with Crippen molar-refractivity contribution in [1.29, 1.82) is 0 Å². The number of piperazine rings is 1. The molecule has 10 nitrogen and oxygen atoms in total. The summed E-state index contributed by atoms with van der Waals surface area (Å²) in [7, 11) is 0. The molecule has 1 saturated heterocycles. The summed E-state index contributed by atoms with van der Waals surface area (Å²) in [5, 5.41) is 25.6. The average Bonchev–Trinajstić information content (AvgIpc) is 3.24. The lowest BCUT2D eigenvalue weighted by atomic mass is 10.1. The number of carboxylic acids is 1. The van der Waals surface area contributed by atoms with E-state index in [-0.39, 0.29) is 16.7 Å². The number of benzene rings is 2. The van der Waals surface area contributed by atoms with E-state index in [1.165, 1.54) is 6.20 Å². The Labute approximate surface area is 217 Å². The predicted molar refractivity (Wildman–Crippen MR) is 140 cm³/mol. The van der Waals surface area contributed by atoms with Crippen LogP contribution in [0.4, 0.5) is 10.1 Å².